The number of hydrogen-bond donors (Lipinski definition) is 2. The predicted molar refractivity (Wildman–Crippen MR) is 63.7 cm³/mol. The minimum absolute atomic E-state index is 0.0901. The van der Waals surface area contributed by atoms with Crippen molar-refractivity contribution < 1.29 is 4.79 Å². The molecule has 0 bridgehead atoms. The number of amides is 1. The maximum absolute atomic E-state index is 11.6. The van der Waals surface area contributed by atoms with Gasteiger partial charge in [-0.3, -0.25) is 9.69 Å². The van der Waals surface area contributed by atoms with Crippen LogP contribution < -0.4 is 11.1 Å². The van der Waals surface area contributed by atoms with Crippen molar-refractivity contribution in [1.29, 1.82) is 0 Å². The molecule has 1 atom stereocenters. The van der Waals surface area contributed by atoms with Crippen molar-refractivity contribution in [3.05, 3.63) is 0 Å². The van der Waals surface area contributed by atoms with Crippen LogP contribution in [0.25, 0.3) is 0 Å². The number of carbonyl (C=O) groups is 1. The Hall–Kier alpha value is -0.610. The van der Waals surface area contributed by atoms with Crippen LogP contribution in [0, 0.1) is 0 Å². The van der Waals surface area contributed by atoms with E-state index in [0.717, 1.165) is 13.1 Å². The van der Waals surface area contributed by atoms with Crippen molar-refractivity contribution in [2.45, 2.75) is 46.2 Å². The first-order chi connectivity index (χ1) is 7.04. The molecule has 0 aromatic carbocycles. The largest absolute Gasteiger partial charge is 0.354 e. The summed E-state index contributed by atoms with van der Waals surface area (Å²) >= 11 is 0. The normalized spacial score (nSPS) is 13.3. The Morgan fingerprint density at radius 2 is 1.87 bits per heavy atom. The lowest BCUT2D eigenvalue weighted by atomic mass is 10.1. The van der Waals surface area contributed by atoms with Crippen LogP contribution in [0.4, 0.5) is 0 Å². The van der Waals surface area contributed by atoms with Gasteiger partial charge in [0.1, 0.15) is 0 Å². The van der Waals surface area contributed by atoms with Crippen molar-refractivity contribution in [1.82, 2.24) is 10.2 Å². The second-order valence-corrected chi connectivity index (χ2v) is 4.04. The minimum atomic E-state index is 0.0901. The van der Waals surface area contributed by atoms with E-state index in [2.05, 4.69) is 24.1 Å². The monoisotopic (exact) mass is 215 g/mol. The lowest BCUT2D eigenvalue weighted by Gasteiger charge is -2.28. The van der Waals surface area contributed by atoms with Gasteiger partial charge < -0.3 is 11.1 Å². The molecule has 0 heterocycles. The van der Waals surface area contributed by atoms with E-state index in [1.165, 1.54) is 0 Å². The first-order valence-electron chi connectivity index (χ1n) is 5.78. The van der Waals surface area contributed by atoms with Gasteiger partial charge in [-0.1, -0.05) is 13.8 Å². The molecule has 15 heavy (non-hydrogen) atoms. The molecule has 0 aliphatic rings. The third-order valence-electron chi connectivity index (χ3n) is 2.47. The van der Waals surface area contributed by atoms with Crippen LogP contribution in [0.5, 0.6) is 0 Å². The molecule has 0 fully saturated rings. The molecule has 0 aromatic heterocycles. The Morgan fingerprint density at radius 1 is 1.33 bits per heavy atom. The lowest BCUT2D eigenvalue weighted by molar-refractivity contribution is -0.122. The van der Waals surface area contributed by atoms with Gasteiger partial charge in [-0.15, -0.1) is 0 Å². The Morgan fingerprint density at radius 3 is 2.20 bits per heavy atom. The number of nitrogens with zero attached hydrogens (tertiary/aromatic N) is 1. The fraction of sp³-hybridized carbons (Fsp3) is 0.909. The summed E-state index contributed by atoms with van der Waals surface area (Å²) in [5.74, 6) is 0.0901. The van der Waals surface area contributed by atoms with E-state index in [1.54, 1.807) is 0 Å². The quantitative estimate of drug-likeness (QED) is 0.653. The van der Waals surface area contributed by atoms with Crippen LogP contribution in [0.15, 0.2) is 0 Å². The summed E-state index contributed by atoms with van der Waals surface area (Å²) < 4.78 is 0. The van der Waals surface area contributed by atoms with Crippen LogP contribution in [0.2, 0.25) is 0 Å². The molecule has 4 heteroatoms. The third kappa shape index (κ3) is 5.74. The predicted octanol–water partition coefficient (Wildman–Crippen LogP) is 0.570. The standard InChI is InChI=1S/C11H25N3O/c1-5-14(6-2)10(8-12)7-11(15)13-9(3)4/h9-10H,5-8,12H2,1-4H3,(H,13,15). The molecular formula is C11H25N3O. The molecule has 0 saturated carbocycles. The summed E-state index contributed by atoms with van der Waals surface area (Å²) in [5.41, 5.74) is 5.68. The first kappa shape index (κ1) is 14.4. The number of nitrogens with one attached hydrogen (secondary N) is 1. The number of rotatable bonds is 7. The average Bonchev–Trinajstić information content (AvgIpc) is 2.16. The van der Waals surface area contributed by atoms with Gasteiger partial charge in [-0.25, -0.2) is 0 Å². The molecule has 0 radical (unpaired) electrons. The van der Waals surface area contributed by atoms with Crippen molar-refractivity contribution in [2.75, 3.05) is 19.6 Å². The van der Waals surface area contributed by atoms with E-state index in [0.29, 0.717) is 13.0 Å². The van der Waals surface area contributed by atoms with Gasteiger partial charge in [-0.2, -0.15) is 0 Å². The van der Waals surface area contributed by atoms with Gasteiger partial charge in [0.2, 0.25) is 5.91 Å². The fourth-order valence-corrected chi connectivity index (χ4v) is 1.70. The second kappa shape index (κ2) is 7.65. The highest BCUT2D eigenvalue weighted by Crippen LogP contribution is 2.02. The van der Waals surface area contributed by atoms with Gasteiger partial charge in [-0.05, 0) is 26.9 Å². The Kier molecular flexibility index (Phi) is 7.34. The molecule has 0 rings (SSSR count). The SMILES string of the molecule is CCN(CC)C(CN)CC(=O)NC(C)C. The van der Waals surface area contributed by atoms with Crippen molar-refractivity contribution in [3.8, 4) is 0 Å². The molecule has 3 N–H and O–H groups in total. The topological polar surface area (TPSA) is 58.4 Å². The van der Waals surface area contributed by atoms with Crippen LogP contribution >= 0.6 is 0 Å². The van der Waals surface area contributed by atoms with Gasteiger partial charge in [0.15, 0.2) is 0 Å². The maximum Gasteiger partial charge on any atom is 0.221 e. The van der Waals surface area contributed by atoms with E-state index in [-0.39, 0.29) is 18.0 Å². The Balaban J connectivity index is 4.13. The zero-order chi connectivity index (χ0) is 11.8. The third-order valence-corrected chi connectivity index (χ3v) is 2.47. The van der Waals surface area contributed by atoms with Crippen LogP contribution in [-0.2, 0) is 4.79 Å². The van der Waals surface area contributed by atoms with E-state index in [9.17, 15) is 4.79 Å². The van der Waals surface area contributed by atoms with Gasteiger partial charge >= 0.3 is 0 Å². The molecule has 0 saturated heterocycles. The van der Waals surface area contributed by atoms with Gasteiger partial charge in [0.05, 0.1) is 0 Å². The lowest BCUT2D eigenvalue weighted by Crippen LogP contribution is -2.44. The highest BCUT2D eigenvalue weighted by atomic mass is 16.1. The molecule has 0 spiro atoms. The minimum Gasteiger partial charge on any atom is -0.354 e. The number of carbonyl (C=O) groups excluding carboxylic acids is 1. The number of nitrogens with two attached hydrogens (primary N) is 1. The summed E-state index contributed by atoms with van der Waals surface area (Å²) in [7, 11) is 0. The highest BCUT2D eigenvalue weighted by Gasteiger charge is 2.17. The van der Waals surface area contributed by atoms with Crippen LogP contribution in [-0.4, -0.2) is 42.5 Å². The average molecular weight is 215 g/mol. The zero-order valence-electron chi connectivity index (χ0n) is 10.4. The van der Waals surface area contributed by atoms with Crippen molar-refractivity contribution in [3.63, 3.8) is 0 Å². The van der Waals surface area contributed by atoms with E-state index >= 15 is 0 Å². The summed E-state index contributed by atoms with van der Waals surface area (Å²) in [6.45, 7) is 10.5. The smallest absolute Gasteiger partial charge is 0.221 e. The number of hydrogen-bond acceptors (Lipinski definition) is 3. The molecule has 0 aliphatic carbocycles. The molecule has 0 aliphatic heterocycles. The fourth-order valence-electron chi connectivity index (χ4n) is 1.70. The molecule has 90 valence electrons. The Labute approximate surface area is 93.2 Å². The van der Waals surface area contributed by atoms with E-state index < -0.39 is 0 Å². The van der Waals surface area contributed by atoms with E-state index in [4.69, 9.17) is 5.73 Å². The van der Waals surface area contributed by atoms with Crippen LogP contribution in [0.1, 0.15) is 34.1 Å². The van der Waals surface area contributed by atoms with Crippen LogP contribution in [0.3, 0.4) is 0 Å². The van der Waals surface area contributed by atoms with Gasteiger partial charge in [0.25, 0.3) is 0 Å². The van der Waals surface area contributed by atoms with Gasteiger partial charge in [0, 0.05) is 25.0 Å². The summed E-state index contributed by atoms with van der Waals surface area (Å²) in [6, 6.07) is 0.367. The van der Waals surface area contributed by atoms with Crippen molar-refractivity contribution in [2.24, 2.45) is 5.73 Å². The molecule has 1 unspecified atom stereocenters. The molecule has 1 amide bonds. The summed E-state index contributed by atoms with van der Waals surface area (Å²) in [5, 5.41) is 2.89. The highest BCUT2D eigenvalue weighted by molar-refractivity contribution is 5.76. The van der Waals surface area contributed by atoms with Crippen molar-refractivity contribution >= 4 is 5.91 Å². The summed E-state index contributed by atoms with van der Waals surface area (Å²) in [4.78, 5) is 13.8. The summed E-state index contributed by atoms with van der Waals surface area (Å²) in [6.07, 6.45) is 0.496. The first-order valence-corrected chi connectivity index (χ1v) is 5.78. The second-order valence-electron chi connectivity index (χ2n) is 4.04. The molecule has 4 nitrogen and oxygen atoms in total. The molecular weight excluding hydrogens is 190 g/mol. The number of likely N-dealkylation sites (N-methyl/N-ethyl adjacent to an activating group) is 1. The Bertz CT molecular complexity index is 179. The molecule has 0 aromatic rings. The van der Waals surface area contributed by atoms with E-state index in [1.807, 2.05) is 13.8 Å². The zero-order valence-corrected chi connectivity index (χ0v) is 10.4. The maximum atomic E-state index is 11.6.